The number of thiophene rings is 1. The topological polar surface area (TPSA) is 87.7 Å². The van der Waals surface area contributed by atoms with Gasteiger partial charge in [0, 0.05) is 18.4 Å². The predicted octanol–water partition coefficient (Wildman–Crippen LogP) is 2.25. The Morgan fingerprint density at radius 2 is 2.21 bits per heavy atom. The zero-order chi connectivity index (χ0) is 16.9. The Balaban J connectivity index is 1.72. The molecule has 3 aromatic heterocycles. The van der Waals surface area contributed by atoms with Crippen LogP contribution in [0.3, 0.4) is 0 Å². The fourth-order valence-corrected chi connectivity index (χ4v) is 2.99. The fraction of sp³-hybridized carbons (Fsp3) is 0.176. The minimum absolute atomic E-state index is 0.00755. The number of hydrogen-bond donors (Lipinski definition) is 2. The molecule has 0 aromatic carbocycles. The van der Waals surface area contributed by atoms with Crippen LogP contribution >= 0.6 is 11.3 Å². The van der Waals surface area contributed by atoms with E-state index in [-0.39, 0.29) is 11.6 Å². The third-order valence-electron chi connectivity index (χ3n) is 3.45. The molecule has 0 saturated carbocycles. The molecule has 1 amide bonds. The highest BCUT2D eigenvalue weighted by Gasteiger charge is 2.15. The number of carbonyl (C=O) groups excluding carboxylic acids is 1. The minimum Gasteiger partial charge on any atom is -0.349 e. The highest BCUT2D eigenvalue weighted by molar-refractivity contribution is 7.07. The summed E-state index contributed by atoms with van der Waals surface area (Å²) in [5, 5.41) is 6.86. The average Bonchev–Trinajstić information content (AvgIpc) is 3.08. The van der Waals surface area contributed by atoms with E-state index < -0.39 is 11.5 Å². The maximum Gasteiger partial charge on any atom is 0.264 e. The van der Waals surface area contributed by atoms with Crippen LogP contribution in [0, 0.1) is 0 Å². The van der Waals surface area contributed by atoms with Crippen LogP contribution in [0.15, 0.2) is 52.2 Å². The summed E-state index contributed by atoms with van der Waals surface area (Å²) in [5.74, 6) is -0.0949. The molecule has 3 heterocycles. The molecule has 0 spiro atoms. The van der Waals surface area contributed by atoms with Crippen LogP contribution in [0.4, 0.5) is 0 Å². The lowest BCUT2D eigenvalue weighted by atomic mass is 10.1. The Labute approximate surface area is 142 Å². The van der Waals surface area contributed by atoms with Gasteiger partial charge in [0.15, 0.2) is 5.82 Å². The van der Waals surface area contributed by atoms with E-state index in [1.165, 1.54) is 6.20 Å². The van der Waals surface area contributed by atoms with Gasteiger partial charge in [-0.2, -0.15) is 11.3 Å². The van der Waals surface area contributed by atoms with Gasteiger partial charge in [0.2, 0.25) is 0 Å². The predicted molar refractivity (Wildman–Crippen MR) is 93.0 cm³/mol. The number of pyridine rings is 1. The number of nitrogens with zero attached hydrogens (tertiary/aromatic N) is 2. The summed E-state index contributed by atoms with van der Waals surface area (Å²) in [5.41, 5.74) is 1.22. The van der Waals surface area contributed by atoms with Crippen molar-refractivity contribution >= 4 is 17.2 Å². The molecule has 122 valence electrons. The Morgan fingerprint density at radius 3 is 2.88 bits per heavy atom. The lowest BCUT2D eigenvalue weighted by Crippen LogP contribution is -2.37. The summed E-state index contributed by atoms with van der Waals surface area (Å²) in [7, 11) is 0. The van der Waals surface area contributed by atoms with Gasteiger partial charge in [-0.05, 0) is 47.9 Å². The first-order valence-corrected chi connectivity index (χ1v) is 8.40. The molecule has 1 atom stereocenters. The molecule has 6 nitrogen and oxygen atoms in total. The van der Waals surface area contributed by atoms with Crippen molar-refractivity contribution < 1.29 is 4.79 Å². The summed E-state index contributed by atoms with van der Waals surface area (Å²) in [6.07, 6.45) is 3.62. The Hall–Kier alpha value is -2.80. The number of hydrogen-bond acceptors (Lipinski definition) is 5. The highest BCUT2D eigenvalue weighted by atomic mass is 32.1. The third-order valence-corrected chi connectivity index (χ3v) is 4.18. The average molecular weight is 340 g/mol. The molecule has 0 radical (unpaired) electrons. The van der Waals surface area contributed by atoms with Gasteiger partial charge in [0.1, 0.15) is 11.3 Å². The molecule has 0 fully saturated rings. The van der Waals surface area contributed by atoms with Gasteiger partial charge in [-0.3, -0.25) is 14.6 Å². The van der Waals surface area contributed by atoms with Crippen LogP contribution in [-0.4, -0.2) is 26.9 Å². The van der Waals surface area contributed by atoms with Crippen molar-refractivity contribution in [1.82, 2.24) is 20.3 Å². The molecule has 24 heavy (non-hydrogen) atoms. The number of rotatable bonds is 5. The third kappa shape index (κ3) is 3.75. The SMILES string of the molecule is C[C@@H](Cc1ccsc1)NC(=O)c1cnc(-c2ccccn2)[nH]c1=O. The normalized spacial score (nSPS) is 11.9. The van der Waals surface area contributed by atoms with E-state index in [0.29, 0.717) is 17.9 Å². The molecule has 0 aliphatic heterocycles. The number of carbonyl (C=O) groups is 1. The largest absolute Gasteiger partial charge is 0.349 e. The summed E-state index contributed by atoms with van der Waals surface area (Å²) in [6.45, 7) is 1.90. The number of aromatic nitrogens is 3. The van der Waals surface area contributed by atoms with Crippen molar-refractivity contribution in [3.8, 4) is 11.5 Å². The lowest BCUT2D eigenvalue weighted by Gasteiger charge is -2.12. The lowest BCUT2D eigenvalue weighted by molar-refractivity contribution is 0.0938. The van der Waals surface area contributed by atoms with Crippen LogP contribution in [-0.2, 0) is 6.42 Å². The smallest absolute Gasteiger partial charge is 0.264 e. The molecular weight excluding hydrogens is 324 g/mol. The first kappa shape index (κ1) is 16.1. The molecular formula is C17H16N4O2S. The van der Waals surface area contributed by atoms with E-state index in [4.69, 9.17) is 0 Å². The van der Waals surface area contributed by atoms with E-state index in [0.717, 1.165) is 5.56 Å². The van der Waals surface area contributed by atoms with Crippen molar-refractivity contribution in [3.05, 3.63) is 68.9 Å². The molecule has 2 N–H and O–H groups in total. The van der Waals surface area contributed by atoms with Gasteiger partial charge in [-0.15, -0.1) is 0 Å². The van der Waals surface area contributed by atoms with Crippen molar-refractivity contribution in [2.45, 2.75) is 19.4 Å². The molecule has 0 bridgehead atoms. The molecule has 3 aromatic rings. The Bertz CT molecular complexity index is 875. The zero-order valence-corrected chi connectivity index (χ0v) is 13.8. The molecule has 7 heteroatoms. The molecule has 0 unspecified atom stereocenters. The number of amides is 1. The minimum atomic E-state index is -0.481. The molecule has 3 rings (SSSR count). The van der Waals surface area contributed by atoms with Gasteiger partial charge in [0.05, 0.1) is 0 Å². The fourth-order valence-electron chi connectivity index (χ4n) is 2.30. The van der Waals surface area contributed by atoms with Crippen LogP contribution < -0.4 is 10.9 Å². The van der Waals surface area contributed by atoms with Gasteiger partial charge in [-0.25, -0.2) is 4.98 Å². The highest BCUT2D eigenvalue weighted by Crippen LogP contribution is 2.10. The molecule has 0 aliphatic carbocycles. The van der Waals surface area contributed by atoms with E-state index >= 15 is 0 Å². The van der Waals surface area contributed by atoms with E-state index in [1.54, 1.807) is 35.7 Å². The van der Waals surface area contributed by atoms with Gasteiger partial charge in [0.25, 0.3) is 11.5 Å². The summed E-state index contributed by atoms with van der Waals surface area (Å²) in [4.78, 5) is 35.3. The van der Waals surface area contributed by atoms with E-state index in [9.17, 15) is 9.59 Å². The van der Waals surface area contributed by atoms with Crippen molar-refractivity contribution in [1.29, 1.82) is 0 Å². The quantitative estimate of drug-likeness (QED) is 0.746. The second-order valence-electron chi connectivity index (χ2n) is 5.40. The monoisotopic (exact) mass is 340 g/mol. The molecule has 0 aliphatic rings. The maximum atomic E-state index is 12.3. The van der Waals surface area contributed by atoms with Crippen LogP contribution in [0.2, 0.25) is 0 Å². The number of nitrogens with one attached hydrogen (secondary N) is 2. The second-order valence-corrected chi connectivity index (χ2v) is 6.18. The Kier molecular flexibility index (Phi) is 4.81. The van der Waals surface area contributed by atoms with Gasteiger partial charge >= 0.3 is 0 Å². The maximum absolute atomic E-state index is 12.3. The first-order chi connectivity index (χ1) is 11.6. The first-order valence-electron chi connectivity index (χ1n) is 7.46. The van der Waals surface area contributed by atoms with Gasteiger partial charge < -0.3 is 10.3 Å². The standard InChI is InChI=1S/C17H16N4O2S/c1-11(8-12-5-7-24-10-12)20-16(22)13-9-19-15(21-17(13)23)14-4-2-3-6-18-14/h2-7,9-11H,8H2,1H3,(H,20,22)(H,19,21,23)/t11-/m0/s1. The molecule has 0 saturated heterocycles. The number of H-pyrrole nitrogens is 1. The van der Waals surface area contributed by atoms with E-state index in [1.807, 2.05) is 23.8 Å². The number of aromatic amines is 1. The van der Waals surface area contributed by atoms with Crippen molar-refractivity contribution in [3.63, 3.8) is 0 Å². The van der Waals surface area contributed by atoms with Crippen molar-refractivity contribution in [2.75, 3.05) is 0 Å². The van der Waals surface area contributed by atoms with Crippen LogP contribution in [0.25, 0.3) is 11.5 Å². The summed E-state index contributed by atoms with van der Waals surface area (Å²) in [6, 6.07) is 7.25. The summed E-state index contributed by atoms with van der Waals surface area (Å²) < 4.78 is 0. The second kappa shape index (κ2) is 7.18. The van der Waals surface area contributed by atoms with Gasteiger partial charge in [-0.1, -0.05) is 6.07 Å². The van der Waals surface area contributed by atoms with E-state index in [2.05, 4.69) is 20.3 Å². The zero-order valence-electron chi connectivity index (χ0n) is 13.0. The summed E-state index contributed by atoms with van der Waals surface area (Å²) >= 11 is 1.62. The Morgan fingerprint density at radius 1 is 1.33 bits per heavy atom. The van der Waals surface area contributed by atoms with Crippen molar-refractivity contribution in [2.24, 2.45) is 0 Å². The van der Waals surface area contributed by atoms with Crippen LogP contribution in [0.1, 0.15) is 22.8 Å². The van der Waals surface area contributed by atoms with Crippen LogP contribution in [0.5, 0.6) is 0 Å².